The lowest BCUT2D eigenvalue weighted by atomic mass is 10.0. The second-order valence-electron chi connectivity index (χ2n) is 8.11. The summed E-state index contributed by atoms with van der Waals surface area (Å²) in [6.45, 7) is 7.54. The highest BCUT2D eigenvalue weighted by Gasteiger charge is 2.33. The predicted octanol–water partition coefficient (Wildman–Crippen LogP) is 2.66. The summed E-state index contributed by atoms with van der Waals surface area (Å²) in [5, 5.41) is 0. The molecule has 0 radical (unpaired) electrons. The smallest absolute Gasteiger partial charge is 0.289 e. The van der Waals surface area contributed by atoms with E-state index in [0.717, 1.165) is 57.6 Å². The minimum absolute atomic E-state index is 0.00331. The zero-order valence-electron chi connectivity index (χ0n) is 16.4. The number of piperidine rings is 1. The summed E-state index contributed by atoms with van der Waals surface area (Å²) < 4.78 is 5.95. The van der Waals surface area contributed by atoms with Crippen LogP contribution in [0.25, 0.3) is 0 Å². The Morgan fingerprint density at radius 1 is 1.11 bits per heavy atom. The van der Waals surface area contributed by atoms with Gasteiger partial charge in [0.25, 0.3) is 5.91 Å². The Labute approximate surface area is 161 Å². The molecule has 3 fully saturated rings. The molecule has 4 heterocycles. The second kappa shape index (κ2) is 8.05. The summed E-state index contributed by atoms with van der Waals surface area (Å²) in [5.41, 5.74) is 1.17. The van der Waals surface area contributed by atoms with Crippen LogP contribution in [0.15, 0.2) is 10.5 Å². The van der Waals surface area contributed by atoms with E-state index in [1.54, 1.807) is 0 Å². The maximum Gasteiger partial charge on any atom is 0.289 e. The number of amides is 2. The summed E-state index contributed by atoms with van der Waals surface area (Å²) in [4.78, 5) is 31.3. The fourth-order valence-corrected chi connectivity index (χ4v) is 4.78. The van der Waals surface area contributed by atoms with E-state index in [-0.39, 0.29) is 11.8 Å². The molecule has 1 aromatic heterocycles. The van der Waals surface area contributed by atoms with Gasteiger partial charge in [-0.25, -0.2) is 0 Å². The maximum atomic E-state index is 12.9. The van der Waals surface area contributed by atoms with Crippen LogP contribution in [0.2, 0.25) is 0 Å². The molecule has 0 N–H and O–H groups in total. The van der Waals surface area contributed by atoms with Gasteiger partial charge in [0.15, 0.2) is 5.76 Å². The van der Waals surface area contributed by atoms with Crippen LogP contribution in [0.1, 0.15) is 67.3 Å². The third-order valence-electron chi connectivity index (χ3n) is 6.32. The first kappa shape index (κ1) is 18.5. The second-order valence-corrected chi connectivity index (χ2v) is 8.11. The molecule has 6 nitrogen and oxygen atoms in total. The molecule has 0 spiro atoms. The lowest BCUT2D eigenvalue weighted by molar-refractivity contribution is -0.130. The molecule has 148 valence electrons. The van der Waals surface area contributed by atoms with Crippen LogP contribution in [0.5, 0.6) is 0 Å². The van der Waals surface area contributed by atoms with Crippen LogP contribution in [-0.2, 0) is 17.8 Å². The monoisotopic (exact) mass is 373 g/mol. The number of carbonyl (C=O) groups is 2. The third kappa shape index (κ3) is 3.91. The highest BCUT2D eigenvalue weighted by Crippen LogP contribution is 2.25. The van der Waals surface area contributed by atoms with Gasteiger partial charge in [-0.15, -0.1) is 0 Å². The number of aryl methyl sites for hydroxylation is 1. The van der Waals surface area contributed by atoms with Gasteiger partial charge in [0.1, 0.15) is 5.76 Å². The van der Waals surface area contributed by atoms with Gasteiger partial charge in [0, 0.05) is 50.6 Å². The molecule has 3 saturated heterocycles. The first-order chi connectivity index (χ1) is 13.2. The zero-order valence-corrected chi connectivity index (χ0v) is 16.4. The standard InChI is InChI=1S/C21H31N3O3/c1-2-18-16(15-22-9-3-4-10-22)14-19(27-18)21(26)23-12-7-17(8-13-23)24-11-5-6-20(24)25/h14,17H,2-13,15H2,1H3. The molecule has 0 aliphatic carbocycles. The number of furan rings is 1. The van der Waals surface area contributed by atoms with Crippen LogP contribution in [0, 0.1) is 0 Å². The summed E-state index contributed by atoms with van der Waals surface area (Å²) >= 11 is 0. The molecule has 0 saturated carbocycles. The van der Waals surface area contributed by atoms with Gasteiger partial charge in [0.05, 0.1) is 0 Å². The minimum Gasteiger partial charge on any atom is -0.456 e. The van der Waals surface area contributed by atoms with Gasteiger partial charge in [-0.3, -0.25) is 14.5 Å². The zero-order chi connectivity index (χ0) is 18.8. The summed E-state index contributed by atoms with van der Waals surface area (Å²) in [6.07, 6.45) is 6.75. The van der Waals surface area contributed by atoms with E-state index in [1.807, 2.05) is 15.9 Å². The fourth-order valence-electron chi connectivity index (χ4n) is 4.78. The van der Waals surface area contributed by atoms with Crippen molar-refractivity contribution in [2.24, 2.45) is 0 Å². The van der Waals surface area contributed by atoms with Crippen molar-refractivity contribution in [2.45, 2.75) is 64.5 Å². The van der Waals surface area contributed by atoms with Gasteiger partial charge < -0.3 is 14.2 Å². The van der Waals surface area contributed by atoms with E-state index < -0.39 is 0 Å². The predicted molar refractivity (Wildman–Crippen MR) is 102 cm³/mol. The molecular formula is C21H31N3O3. The molecule has 2 amide bonds. The van der Waals surface area contributed by atoms with E-state index in [9.17, 15) is 9.59 Å². The number of likely N-dealkylation sites (tertiary alicyclic amines) is 3. The molecule has 0 unspecified atom stereocenters. The van der Waals surface area contributed by atoms with Gasteiger partial charge >= 0.3 is 0 Å². The maximum absolute atomic E-state index is 12.9. The largest absolute Gasteiger partial charge is 0.456 e. The first-order valence-corrected chi connectivity index (χ1v) is 10.6. The van der Waals surface area contributed by atoms with E-state index in [1.165, 1.54) is 18.4 Å². The molecular weight excluding hydrogens is 342 g/mol. The summed E-state index contributed by atoms with van der Waals surface area (Å²) in [7, 11) is 0. The molecule has 3 aliphatic heterocycles. The minimum atomic E-state index is 0.00331. The molecule has 4 rings (SSSR count). The van der Waals surface area contributed by atoms with Crippen LogP contribution in [-0.4, -0.2) is 65.3 Å². The van der Waals surface area contributed by atoms with Crippen molar-refractivity contribution in [1.29, 1.82) is 0 Å². The van der Waals surface area contributed by atoms with Crippen molar-refractivity contribution >= 4 is 11.8 Å². The molecule has 0 bridgehead atoms. The van der Waals surface area contributed by atoms with Gasteiger partial charge in [-0.05, 0) is 51.3 Å². The van der Waals surface area contributed by atoms with Crippen molar-refractivity contribution in [2.75, 3.05) is 32.7 Å². The molecule has 3 aliphatic rings. The number of hydrogen-bond acceptors (Lipinski definition) is 4. The quantitative estimate of drug-likeness (QED) is 0.796. The number of hydrogen-bond donors (Lipinski definition) is 0. The molecule has 27 heavy (non-hydrogen) atoms. The lowest BCUT2D eigenvalue weighted by Gasteiger charge is -2.36. The van der Waals surface area contributed by atoms with Crippen molar-refractivity contribution in [3.8, 4) is 0 Å². The third-order valence-corrected chi connectivity index (χ3v) is 6.32. The van der Waals surface area contributed by atoms with E-state index in [2.05, 4.69) is 11.8 Å². The van der Waals surface area contributed by atoms with E-state index >= 15 is 0 Å². The lowest BCUT2D eigenvalue weighted by Crippen LogP contribution is -2.47. The van der Waals surface area contributed by atoms with Gasteiger partial charge in [-0.2, -0.15) is 0 Å². The first-order valence-electron chi connectivity index (χ1n) is 10.6. The molecule has 1 aromatic rings. The number of rotatable bonds is 5. The van der Waals surface area contributed by atoms with Gasteiger partial charge in [0.2, 0.25) is 5.91 Å². The normalized spacial score (nSPS) is 22.2. The Kier molecular flexibility index (Phi) is 5.53. The highest BCUT2D eigenvalue weighted by molar-refractivity contribution is 5.92. The Bertz CT molecular complexity index is 685. The van der Waals surface area contributed by atoms with Crippen molar-refractivity contribution in [3.05, 3.63) is 23.2 Å². The van der Waals surface area contributed by atoms with Crippen molar-refractivity contribution in [1.82, 2.24) is 14.7 Å². The molecule has 6 heteroatoms. The Balaban J connectivity index is 1.38. The van der Waals surface area contributed by atoms with E-state index in [0.29, 0.717) is 31.3 Å². The Hall–Kier alpha value is -1.82. The average Bonchev–Trinajstić information content (AvgIpc) is 3.43. The van der Waals surface area contributed by atoms with Crippen LogP contribution in [0.4, 0.5) is 0 Å². The number of carbonyl (C=O) groups excluding carboxylic acids is 2. The summed E-state index contributed by atoms with van der Waals surface area (Å²) in [5.74, 6) is 1.72. The van der Waals surface area contributed by atoms with Crippen LogP contribution in [0.3, 0.4) is 0 Å². The van der Waals surface area contributed by atoms with Gasteiger partial charge in [-0.1, -0.05) is 6.92 Å². The molecule has 0 aromatic carbocycles. The Morgan fingerprint density at radius 2 is 1.85 bits per heavy atom. The average molecular weight is 373 g/mol. The van der Waals surface area contributed by atoms with E-state index in [4.69, 9.17) is 4.42 Å². The SMILES string of the molecule is CCc1oc(C(=O)N2CCC(N3CCCC3=O)CC2)cc1CN1CCCC1. The van der Waals surface area contributed by atoms with Crippen LogP contribution >= 0.6 is 0 Å². The Morgan fingerprint density at radius 3 is 2.48 bits per heavy atom. The summed E-state index contributed by atoms with van der Waals surface area (Å²) in [6, 6.07) is 2.27. The topological polar surface area (TPSA) is 57.0 Å². The highest BCUT2D eigenvalue weighted by atomic mass is 16.4. The van der Waals surface area contributed by atoms with Crippen LogP contribution < -0.4 is 0 Å². The molecule has 0 atom stereocenters. The van der Waals surface area contributed by atoms with Crippen molar-refractivity contribution in [3.63, 3.8) is 0 Å². The fraction of sp³-hybridized carbons (Fsp3) is 0.714. The van der Waals surface area contributed by atoms with Crippen molar-refractivity contribution < 1.29 is 14.0 Å². The number of nitrogens with zero attached hydrogens (tertiary/aromatic N) is 3.